The molecule has 6 nitrogen and oxygen atoms in total. The zero-order valence-electron chi connectivity index (χ0n) is 17.4. The van der Waals surface area contributed by atoms with Crippen LogP contribution in [0, 0.1) is 11.6 Å². The van der Waals surface area contributed by atoms with Gasteiger partial charge in [0.05, 0.1) is 4.90 Å². The number of fused-ring (bicyclic) bond motifs is 3. The largest absolute Gasteiger partial charge is 0.358 e. The number of aromatic nitrogens is 1. The van der Waals surface area contributed by atoms with Crippen LogP contribution in [0.15, 0.2) is 41.3 Å². The number of nitrogens with zero attached hydrogens (tertiary/aromatic N) is 2. The average molecular weight is 460 g/mol. The first-order valence-electron chi connectivity index (χ1n) is 10.7. The minimum Gasteiger partial charge on any atom is -0.358 e. The van der Waals surface area contributed by atoms with Gasteiger partial charge in [0, 0.05) is 48.3 Å². The van der Waals surface area contributed by atoms with Gasteiger partial charge in [-0.3, -0.25) is 4.79 Å². The van der Waals surface area contributed by atoms with Crippen LogP contribution in [0.2, 0.25) is 0 Å². The molecule has 32 heavy (non-hydrogen) atoms. The van der Waals surface area contributed by atoms with Crippen LogP contribution in [0.3, 0.4) is 0 Å². The molecular formula is C23H23F2N3O3S. The highest BCUT2D eigenvalue weighted by atomic mass is 32.2. The van der Waals surface area contributed by atoms with E-state index in [9.17, 15) is 22.0 Å². The highest BCUT2D eigenvalue weighted by Crippen LogP contribution is 2.30. The molecule has 1 aromatic heterocycles. The fourth-order valence-corrected chi connectivity index (χ4v) is 6.07. The maximum Gasteiger partial charge on any atom is 0.253 e. The molecule has 0 unspecified atom stereocenters. The fourth-order valence-electron chi connectivity index (χ4n) is 4.64. The predicted octanol–water partition coefficient (Wildman–Crippen LogP) is 3.47. The number of halogens is 2. The number of hydrogen-bond acceptors (Lipinski definition) is 3. The van der Waals surface area contributed by atoms with E-state index < -0.39 is 21.7 Å². The monoisotopic (exact) mass is 459 g/mol. The van der Waals surface area contributed by atoms with Gasteiger partial charge in [-0.1, -0.05) is 0 Å². The molecule has 3 aromatic rings. The molecule has 2 heterocycles. The molecular weight excluding hydrogens is 436 g/mol. The lowest BCUT2D eigenvalue weighted by Crippen LogP contribution is -2.50. The van der Waals surface area contributed by atoms with Gasteiger partial charge in [-0.15, -0.1) is 0 Å². The Balaban J connectivity index is 1.32. The molecule has 2 aromatic carbocycles. The molecule has 1 saturated heterocycles. The van der Waals surface area contributed by atoms with Gasteiger partial charge in [0.1, 0.15) is 0 Å². The van der Waals surface area contributed by atoms with Crippen molar-refractivity contribution in [2.24, 2.45) is 0 Å². The molecule has 0 radical (unpaired) electrons. The molecule has 1 N–H and O–H groups in total. The zero-order valence-corrected chi connectivity index (χ0v) is 18.2. The second-order valence-corrected chi connectivity index (χ2v) is 10.3. The second-order valence-electron chi connectivity index (χ2n) is 8.32. The normalized spacial score (nSPS) is 17.5. The van der Waals surface area contributed by atoms with Crippen LogP contribution in [0.25, 0.3) is 10.9 Å². The van der Waals surface area contributed by atoms with Crippen LogP contribution in [0.5, 0.6) is 0 Å². The van der Waals surface area contributed by atoms with Crippen molar-refractivity contribution in [2.45, 2.75) is 30.6 Å². The molecule has 5 rings (SSSR count). The third kappa shape index (κ3) is 3.59. The molecule has 1 fully saturated rings. The Kier molecular flexibility index (Phi) is 5.25. The standard InChI is InChI=1S/C23H23F2N3O3S/c24-19-7-6-16(14-20(19)25)32(30,31)28-11-9-27(10-12-28)23(29)15-5-8-22-18(13-15)17-3-1-2-4-21(17)26-22/h5-8,13-14,26H,1-4,9-12H2. The van der Waals surface area contributed by atoms with E-state index >= 15 is 0 Å². The van der Waals surface area contributed by atoms with E-state index in [4.69, 9.17) is 0 Å². The molecule has 2 aliphatic rings. The van der Waals surface area contributed by atoms with Gasteiger partial charge in [0.25, 0.3) is 5.91 Å². The molecule has 0 atom stereocenters. The third-order valence-electron chi connectivity index (χ3n) is 6.40. The lowest BCUT2D eigenvalue weighted by molar-refractivity contribution is 0.0698. The lowest BCUT2D eigenvalue weighted by atomic mass is 9.95. The summed E-state index contributed by atoms with van der Waals surface area (Å²) in [6, 6.07) is 8.22. The molecule has 1 aliphatic heterocycles. The third-order valence-corrected chi connectivity index (χ3v) is 8.29. The highest BCUT2D eigenvalue weighted by molar-refractivity contribution is 7.89. The van der Waals surface area contributed by atoms with Crippen LogP contribution in [-0.4, -0.2) is 54.7 Å². The number of hydrogen-bond donors (Lipinski definition) is 1. The van der Waals surface area contributed by atoms with Gasteiger partial charge >= 0.3 is 0 Å². The summed E-state index contributed by atoms with van der Waals surface area (Å²) in [5.41, 5.74) is 4.17. The number of nitrogens with one attached hydrogen (secondary N) is 1. The number of piperazine rings is 1. The topological polar surface area (TPSA) is 73.5 Å². The molecule has 0 spiro atoms. The molecule has 1 aliphatic carbocycles. The smallest absolute Gasteiger partial charge is 0.253 e. The van der Waals surface area contributed by atoms with E-state index in [2.05, 4.69) is 4.98 Å². The SMILES string of the molecule is O=C(c1ccc2[nH]c3c(c2c1)CCCC3)N1CCN(S(=O)(=O)c2ccc(F)c(F)c2)CC1. The quantitative estimate of drug-likeness (QED) is 0.652. The molecule has 9 heteroatoms. The van der Waals surface area contributed by atoms with E-state index in [1.807, 2.05) is 12.1 Å². The van der Waals surface area contributed by atoms with Gasteiger partial charge < -0.3 is 9.88 Å². The summed E-state index contributed by atoms with van der Waals surface area (Å²) in [6.45, 7) is 0.639. The first-order chi connectivity index (χ1) is 15.3. The van der Waals surface area contributed by atoms with E-state index in [-0.39, 0.29) is 37.0 Å². The summed E-state index contributed by atoms with van der Waals surface area (Å²) in [6.07, 6.45) is 4.35. The van der Waals surface area contributed by atoms with Gasteiger partial charge in [-0.05, 0) is 67.6 Å². The number of aryl methyl sites for hydroxylation is 2. The van der Waals surface area contributed by atoms with Crippen molar-refractivity contribution in [2.75, 3.05) is 26.2 Å². The van der Waals surface area contributed by atoms with Gasteiger partial charge in [-0.25, -0.2) is 17.2 Å². The number of amides is 1. The number of carbonyl (C=O) groups excluding carboxylic acids is 1. The van der Waals surface area contributed by atoms with Crippen molar-refractivity contribution < 1.29 is 22.0 Å². The van der Waals surface area contributed by atoms with Gasteiger partial charge in [0.15, 0.2) is 11.6 Å². The Morgan fingerprint density at radius 1 is 0.906 bits per heavy atom. The van der Waals surface area contributed by atoms with Crippen molar-refractivity contribution in [3.8, 4) is 0 Å². The first kappa shape index (κ1) is 21.1. The maximum atomic E-state index is 13.5. The minimum absolute atomic E-state index is 0.0921. The van der Waals surface area contributed by atoms with Crippen LogP contribution in [0.1, 0.15) is 34.5 Å². The number of H-pyrrole nitrogens is 1. The van der Waals surface area contributed by atoms with Crippen LogP contribution >= 0.6 is 0 Å². The van der Waals surface area contributed by atoms with E-state index in [1.165, 1.54) is 22.0 Å². The number of benzene rings is 2. The Labute approximate surface area is 184 Å². The van der Waals surface area contributed by atoms with Crippen molar-refractivity contribution in [1.29, 1.82) is 0 Å². The number of sulfonamides is 1. The summed E-state index contributed by atoms with van der Waals surface area (Å²) < 4.78 is 53.4. The second kappa shape index (κ2) is 7.97. The Morgan fingerprint density at radius 3 is 2.41 bits per heavy atom. The summed E-state index contributed by atoms with van der Waals surface area (Å²) in [4.78, 5) is 17.9. The van der Waals surface area contributed by atoms with Crippen molar-refractivity contribution >= 4 is 26.8 Å². The Hall–Kier alpha value is -2.78. The molecule has 168 valence electrons. The van der Waals surface area contributed by atoms with Crippen LogP contribution in [0.4, 0.5) is 8.78 Å². The summed E-state index contributed by atoms with van der Waals surface area (Å²) in [5.74, 6) is -2.44. The number of carbonyl (C=O) groups is 1. The number of aromatic amines is 1. The summed E-state index contributed by atoms with van der Waals surface area (Å²) in [5, 5.41) is 1.09. The van der Waals surface area contributed by atoms with Crippen LogP contribution < -0.4 is 0 Å². The van der Waals surface area contributed by atoms with Crippen molar-refractivity contribution in [3.05, 3.63) is 64.9 Å². The predicted molar refractivity (Wildman–Crippen MR) is 116 cm³/mol. The summed E-state index contributed by atoms with van der Waals surface area (Å²) in [7, 11) is -3.96. The maximum absolute atomic E-state index is 13.5. The van der Waals surface area contributed by atoms with E-state index in [0.717, 1.165) is 42.3 Å². The molecule has 0 saturated carbocycles. The number of rotatable bonds is 3. The zero-order chi connectivity index (χ0) is 22.5. The minimum atomic E-state index is -3.96. The van der Waals surface area contributed by atoms with Crippen molar-refractivity contribution in [1.82, 2.24) is 14.2 Å². The van der Waals surface area contributed by atoms with Crippen molar-refractivity contribution in [3.63, 3.8) is 0 Å². The Morgan fingerprint density at radius 2 is 1.66 bits per heavy atom. The van der Waals surface area contributed by atoms with Crippen LogP contribution in [-0.2, 0) is 22.9 Å². The lowest BCUT2D eigenvalue weighted by Gasteiger charge is -2.34. The van der Waals surface area contributed by atoms with E-state index in [1.54, 1.807) is 11.0 Å². The van der Waals surface area contributed by atoms with E-state index in [0.29, 0.717) is 11.6 Å². The average Bonchev–Trinajstić information content (AvgIpc) is 3.18. The summed E-state index contributed by atoms with van der Waals surface area (Å²) >= 11 is 0. The Bertz CT molecular complexity index is 1310. The van der Waals surface area contributed by atoms with Gasteiger partial charge in [-0.2, -0.15) is 4.31 Å². The first-order valence-corrected chi connectivity index (χ1v) is 12.2. The highest BCUT2D eigenvalue weighted by Gasteiger charge is 2.31. The molecule has 1 amide bonds. The fraction of sp³-hybridized carbons (Fsp3) is 0.348. The molecule has 0 bridgehead atoms. The van der Waals surface area contributed by atoms with Gasteiger partial charge in [0.2, 0.25) is 10.0 Å².